The number of nitrogens with one attached hydrogen (secondary N) is 3. The van der Waals surface area contributed by atoms with Gasteiger partial charge in [-0.1, -0.05) is 57.2 Å². The molecule has 0 radical (unpaired) electrons. The zero-order valence-electron chi connectivity index (χ0n) is 21.7. The molecule has 2 unspecified atom stereocenters. The molecule has 1 saturated carbocycles. The third-order valence-corrected chi connectivity index (χ3v) is 6.91. The Labute approximate surface area is 218 Å². The molecular weight excluding hydrogens is 472 g/mol. The Hall–Kier alpha value is -3.27. The monoisotopic (exact) mass is 512 g/mol. The number of amides is 2. The molecule has 1 aromatic rings. The summed E-state index contributed by atoms with van der Waals surface area (Å²) in [5.41, 5.74) is 6.59. The Kier molecular flexibility index (Phi) is 11.1. The number of carbonyl (C=O) groups excluding carboxylic acids is 3. The van der Waals surface area contributed by atoms with Gasteiger partial charge in [0.2, 0.25) is 11.8 Å². The maximum atomic E-state index is 13.7. The van der Waals surface area contributed by atoms with Crippen molar-refractivity contribution in [1.82, 2.24) is 20.5 Å². The van der Waals surface area contributed by atoms with E-state index in [9.17, 15) is 14.4 Å². The van der Waals surface area contributed by atoms with E-state index in [1.54, 1.807) is 23.2 Å². The fraction of sp³-hybridized carbons (Fsp3) is 0.593. The Balaban J connectivity index is 1.65. The SMILES string of the molecule is CCCOC(=O)CNC(CC1CCCCC1)C(=O)N1CC=CCC1C(=O)NCc1ccc(C(=N)N)nc1. The first-order valence-corrected chi connectivity index (χ1v) is 13.3. The zero-order valence-corrected chi connectivity index (χ0v) is 21.7. The van der Waals surface area contributed by atoms with Gasteiger partial charge in [0.1, 0.15) is 17.6 Å². The van der Waals surface area contributed by atoms with E-state index in [0.717, 1.165) is 37.7 Å². The fourth-order valence-electron chi connectivity index (χ4n) is 4.86. The molecule has 202 valence electrons. The lowest BCUT2D eigenvalue weighted by Crippen LogP contribution is -2.56. The first kappa shape index (κ1) is 28.3. The van der Waals surface area contributed by atoms with E-state index in [1.165, 1.54) is 6.42 Å². The van der Waals surface area contributed by atoms with Gasteiger partial charge in [-0.25, -0.2) is 0 Å². The van der Waals surface area contributed by atoms with Crippen LogP contribution in [0.2, 0.25) is 0 Å². The van der Waals surface area contributed by atoms with Crippen molar-refractivity contribution in [3.8, 4) is 0 Å². The van der Waals surface area contributed by atoms with Crippen molar-refractivity contribution in [2.45, 2.75) is 76.9 Å². The van der Waals surface area contributed by atoms with E-state index < -0.39 is 12.1 Å². The number of nitrogen functional groups attached to an aromatic ring is 1. The summed E-state index contributed by atoms with van der Waals surface area (Å²) in [7, 11) is 0. The number of nitrogens with zero attached hydrogens (tertiary/aromatic N) is 2. The predicted octanol–water partition coefficient (Wildman–Crippen LogP) is 2.02. The number of carbonyl (C=O) groups is 3. The van der Waals surface area contributed by atoms with Crippen molar-refractivity contribution in [3.63, 3.8) is 0 Å². The van der Waals surface area contributed by atoms with Gasteiger partial charge < -0.3 is 20.7 Å². The van der Waals surface area contributed by atoms with E-state index in [-0.39, 0.29) is 36.7 Å². The van der Waals surface area contributed by atoms with Crippen LogP contribution in [0.25, 0.3) is 0 Å². The minimum Gasteiger partial charge on any atom is -0.465 e. The Bertz CT molecular complexity index is 958. The Morgan fingerprint density at radius 2 is 2.00 bits per heavy atom. The molecule has 37 heavy (non-hydrogen) atoms. The highest BCUT2D eigenvalue weighted by atomic mass is 16.5. The summed E-state index contributed by atoms with van der Waals surface area (Å²) in [6.45, 7) is 2.85. The molecule has 2 amide bonds. The lowest BCUT2D eigenvalue weighted by atomic mass is 9.84. The topological polar surface area (TPSA) is 150 Å². The zero-order chi connectivity index (χ0) is 26.6. The molecule has 1 aliphatic heterocycles. The number of aromatic nitrogens is 1. The number of nitrogens with two attached hydrogens (primary N) is 1. The van der Waals surface area contributed by atoms with Crippen LogP contribution >= 0.6 is 0 Å². The molecular formula is C27H40N6O4. The number of hydrogen-bond acceptors (Lipinski definition) is 7. The highest BCUT2D eigenvalue weighted by molar-refractivity contribution is 5.93. The average molecular weight is 513 g/mol. The first-order chi connectivity index (χ1) is 17.9. The van der Waals surface area contributed by atoms with Crippen LogP contribution in [0.5, 0.6) is 0 Å². The molecule has 2 heterocycles. The number of amidine groups is 1. The van der Waals surface area contributed by atoms with Crippen LogP contribution in [0.3, 0.4) is 0 Å². The van der Waals surface area contributed by atoms with Crippen LogP contribution in [-0.4, -0.2) is 65.3 Å². The van der Waals surface area contributed by atoms with Gasteiger partial charge in [0.05, 0.1) is 19.2 Å². The predicted molar refractivity (Wildman–Crippen MR) is 141 cm³/mol. The van der Waals surface area contributed by atoms with E-state index in [1.807, 2.05) is 19.1 Å². The number of esters is 1. The minimum atomic E-state index is -0.635. The van der Waals surface area contributed by atoms with E-state index >= 15 is 0 Å². The van der Waals surface area contributed by atoms with Crippen LogP contribution in [0, 0.1) is 11.3 Å². The summed E-state index contributed by atoms with van der Waals surface area (Å²) in [4.78, 5) is 44.8. The highest BCUT2D eigenvalue weighted by Crippen LogP contribution is 2.28. The van der Waals surface area contributed by atoms with Crippen molar-refractivity contribution < 1.29 is 19.1 Å². The van der Waals surface area contributed by atoms with Gasteiger partial charge in [-0.3, -0.25) is 30.1 Å². The fourth-order valence-corrected chi connectivity index (χ4v) is 4.86. The molecule has 10 heteroatoms. The molecule has 2 aliphatic rings. The van der Waals surface area contributed by atoms with Gasteiger partial charge >= 0.3 is 5.97 Å². The van der Waals surface area contributed by atoms with Crippen LogP contribution in [0.15, 0.2) is 30.5 Å². The van der Waals surface area contributed by atoms with Crippen molar-refractivity contribution in [2.75, 3.05) is 19.7 Å². The van der Waals surface area contributed by atoms with Gasteiger partial charge in [0.25, 0.3) is 0 Å². The minimum absolute atomic E-state index is 0.0348. The number of rotatable bonds is 12. The molecule has 0 saturated heterocycles. The van der Waals surface area contributed by atoms with Crippen molar-refractivity contribution in [2.24, 2.45) is 11.7 Å². The second-order valence-corrected chi connectivity index (χ2v) is 9.79. The van der Waals surface area contributed by atoms with Gasteiger partial charge in [-0.15, -0.1) is 0 Å². The van der Waals surface area contributed by atoms with Crippen LogP contribution in [-0.2, 0) is 25.7 Å². The molecule has 5 N–H and O–H groups in total. The molecule has 2 atom stereocenters. The second kappa shape index (κ2) is 14.5. The van der Waals surface area contributed by atoms with Crippen LogP contribution in [0.4, 0.5) is 0 Å². The highest BCUT2D eigenvalue weighted by Gasteiger charge is 2.35. The molecule has 1 fully saturated rings. The normalized spacial score (nSPS) is 18.7. The van der Waals surface area contributed by atoms with Gasteiger partial charge in [-0.05, 0) is 36.8 Å². The van der Waals surface area contributed by atoms with Crippen LogP contribution in [0.1, 0.15) is 69.5 Å². The number of ether oxygens (including phenoxy) is 1. The van der Waals surface area contributed by atoms with Crippen molar-refractivity contribution in [3.05, 3.63) is 41.7 Å². The summed E-state index contributed by atoms with van der Waals surface area (Å²) in [5.74, 6) is -0.479. The molecule has 1 aromatic heterocycles. The van der Waals surface area contributed by atoms with Gasteiger partial charge in [-0.2, -0.15) is 0 Å². The molecule has 0 bridgehead atoms. The van der Waals surface area contributed by atoms with Crippen molar-refractivity contribution >= 4 is 23.6 Å². The Morgan fingerprint density at radius 3 is 2.68 bits per heavy atom. The number of hydrogen-bond donors (Lipinski definition) is 4. The first-order valence-electron chi connectivity index (χ1n) is 13.3. The average Bonchev–Trinajstić information content (AvgIpc) is 2.93. The molecule has 3 rings (SSSR count). The van der Waals surface area contributed by atoms with E-state index in [0.29, 0.717) is 37.6 Å². The summed E-state index contributed by atoms with van der Waals surface area (Å²) < 4.78 is 5.19. The van der Waals surface area contributed by atoms with Gasteiger partial charge in [0, 0.05) is 19.3 Å². The molecule has 10 nitrogen and oxygen atoms in total. The summed E-state index contributed by atoms with van der Waals surface area (Å²) in [6, 6.07) is 2.21. The molecule has 0 aromatic carbocycles. The van der Waals surface area contributed by atoms with Crippen LogP contribution < -0.4 is 16.4 Å². The lowest BCUT2D eigenvalue weighted by molar-refractivity contribution is -0.145. The maximum Gasteiger partial charge on any atom is 0.319 e. The number of pyridine rings is 1. The Morgan fingerprint density at radius 1 is 1.22 bits per heavy atom. The summed E-state index contributed by atoms with van der Waals surface area (Å²) >= 11 is 0. The third-order valence-electron chi connectivity index (χ3n) is 6.91. The molecule has 0 spiro atoms. The molecule has 1 aliphatic carbocycles. The largest absolute Gasteiger partial charge is 0.465 e. The quantitative estimate of drug-likeness (QED) is 0.145. The smallest absolute Gasteiger partial charge is 0.319 e. The maximum absolute atomic E-state index is 13.7. The van der Waals surface area contributed by atoms with Gasteiger partial charge in [0.15, 0.2) is 0 Å². The van der Waals surface area contributed by atoms with Crippen molar-refractivity contribution in [1.29, 1.82) is 5.41 Å². The van der Waals surface area contributed by atoms with E-state index in [2.05, 4.69) is 15.6 Å². The summed E-state index contributed by atoms with van der Waals surface area (Å²) in [6.07, 6.45) is 12.9. The summed E-state index contributed by atoms with van der Waals surface area (Å²) in [5, 5.41) is 13.5. The lowest BCUT2D eigenvalue weighted by Gasteiger charge is -2.36. The second-order valence-electron chi connectivity index (χ2n) is 9.79. The van der Waals surface area contributed by atoms with E-state index in [4.69, 9.17) is 15.9 Å². The standard InChI is InChI=1S/C27H40N6O4/c1-2-14-37-24(34)18-31-22(15-19-8-4-3-5-9-19)27(36)33-13-7-6-10-23(33)26(35)32-17-20-11-12-21(25(28)29)30-16-20/h6-7,11-12,16,19,22-23,31H,2-5,8-10,13-15,17-18H2,1H3,(H3,28,29)(H,32,35). The third kappa shape index (κ3) is 8.66.